The Balaban J connectivity index is 1.60. The molecule has 0 saturated carbocycles. The van der Waals surface area contributed by atoms with Crippen molar-refractivity contribution in [3.63, 3.8) is 0 Å². The molecule has 1 amide bonds. The first-order valence-corrected chi connectivity index (χ1v) is 10.4. The molecule has 1 aliphatic heterocycles. The summed E-state index contributed by atoms with van der Waals surface area (Å²) in [7, 11) is -3.69. The van der Waals surface area contributed by atoms with Crippen LogP contribution in [0.3, 0.4) is 0 Å². The minimum Gasteiger partial charge on any atom is -0.379 e. The van der Waals surface area contributed by atoms with Crippen molar-refractivity contribution in [3.8, 4) is 0 Å². The number of hydrogen-bond donors (Lipinski definition) is 1. The summed E-state index contributed by atoms with van der Waals surface area (Å²) in [5, 5.41) is 2.94. The summed E-state index contributed by atoms with van der Waals surface area (Å²) >= 11 is 6.18. The lowest BCUT2D eigenvalue weighted by molar-refractivity contribution is 0.0730. The molecule has 1 aliphatic rings. The second kappa shape index (κ2) is 7.51. The van der Waals surface area contributed by atoms with Crippen molar-refractivity contribution in [1.29, 1.82) is 0 Å². The second-order valence-corrected chi connectivity index (χ2v) is 8.60. The zero-order valence-electron chi connectivity index (χ0n) is 14.7. The van der Waals surface area contributed by atoms with E-state index in [0.717, 1.165) is 5.52 Å². The Morgan fingerprint density at radius 2 is 1.96 bits per heavy atom. The average molecular weight is 421 g/mol. The zero-order valence-corrected chi connectivity index (χ0v) is 16.3. The number of amides is 1. The van der Waals surface area contributed by atoms with Crippen LogP contribution in [0.15, 0.2) is 53.9 Å². The number of aromatic nitrogens is 2. The highest BCUT2D eigenvalue weighted by molar-refractivity contribution is 7.89. The smallest absolute Gasteiger partial charge is 0.255 e. The van der Waals surface area contributed by atoms with Crippen LogP contribution in [0.1, 0.15) is 10.4 Å². The number of hydrogen-bond acceptors (Lipinski definition) is 5. The molecule has 0 spiro atoms. The van der Waals surface area contributed by atoms with Gasteiger partial charge in [-0.25, -0.2) is 13.4 Å². The van der Waals surface area contributed by atoms with E-state index in [4.69, 9.17) is 16.3 Å². The molecule has 4 rings (SSSR count). The molecule has 0 radical (unpaired) electrons. The van der Waals surface area contributed by atoms with Gasteiger partial charge in [0.05, 0.1) is 46.9 Å². The number of nitrogens with zero attached hydrogens (tertiary/aromatic N) is 3. The summed E-state index contributed by atoms with van der Waals surface area (Å²) < 4.78 is 34.0. The molecule has 1 saturated heterocycles. The van der Waals surface area contributed by atoms with Gasteiger partial charge >= 0.3 is 0 Å². The molecule has 146 valence electrons. The van der Waals surface area contributed by atoms with Crippen LogP contribution in [-0.2, 0) is 14.8 Å². The number of pyridine rings is 1. The van der Waals surface area contributed by atoms with Crippen LogP contribution in [-0.4, -0.2) is 54.3 Å². The Labute approximate surface area is 166 Å². The van der Waals surface area contributed by atoms with Crippen LogP contribution in [0.2, 0.25) is 5.02 Å². The van der Waals surface area contributed by atoms with E-state index >= 15 is 0 Å². The molecule has 0 aliphatic carbocycles. The van der Waals surface area contributed by atoms with Crippen molar-refractivity contribution in [2.24, 2.45) is 0 Å². The molecule has 0 unspecified atom stereocenters. The maximum atomic E-state index is 12.8. The fourth-order valence-electron chi connectivity index (χ4n) is 2.95. The number of halogens is 1. The fourth-order valence-corrected chi connectivity index (χ4v) is 4.55. The predicted octanol–water partition coefficient (Wildman–Crippen LogP) is 2.26. The third-order valence-electron chi connectivity index (χ3n) is 4.47. The summed E-state index contributed by atoms with van der Waals surface area (Å²) in [6.45, 7) is 1.29. The quantitative estimate of drug-likeness (QED) is 0.698. The van der Waals surface area contributed by atoms with Gasteiger partial charge in [0.15, 0.2) is 0 Å². The largest absolute Gasteiger partial charge is 0.379 e. The van der Waals surface area contributed by atoms with Crippen LogP contribution in [0.4, 0.5) is 5.69 Å². The summed E-state index contributed by atoms with van der Waals surface area (Å²) in [5.74, 6) is -0.397. The summed E-state index contributed by atoms with van der Waals surface area (Å²) in [6.07, 6.45) is 4.99. The standard InChI is InChI=1S/C18H17ClN4O4S/c19-16-2-1-15(28(25,26)23-5-7-27-8-6-23)10-17(16)21-18(24)13-3-4-22-12-20-11-14(22)9-13/h1-4,9-12H,5-8H2,(H,21,24). The molecule has 10 heteroatoms. The topological polar surface area (TPSA) is 93.0 Å². The number of morpholine rings is 1. The van der Waals surface area contributed by atoms with Gasteiger partial charge < -0.3 is 14.5 Å². The Bertz CT molecular complexity index is 1140. The van der Waals surface area contributed by atoms with E-state index < -0.39 is 15.9 Å². The maximum absolute atomic E-state index is 12.8. The summed E-state index contributed by atoms with van der Waals surface area (Å²) in [5.41, 5.74) is 1.40. The number of carbonyl (C=O) groups excluding carboxylic acids is 1. The first-order valence-electron chi connectivity index (χ1n) is 8.56. The Kier molecular flexibility index (Phi) is 5.07. The minimum atomic E-state index is -3.69. The summed E-state index contributed by atoms with van der Waals surface area (Å²) in [6, 6.07) is 7.60. The number of fused-ring (bicyclic) bond motifs is 1. The number of rotatable bonds is 4. The van der Waals surface area contributed by atoms with Crippen molar-refractivity contribution in [3.05, 3.63) is 59.6 Å². The van der Waals surface area contributed by atoms with E-state index in [1.165, 1.54) is 22.5 Å². The van der Waals surface area contributed by atoms with Crippen molar-refractivity contribution < 1.29 is 17.9 Å². The Morgan fingerprint density at radius 3 is 2.75 bits per heavy atom. The predicted molar refractivity (Wildman–Crippen MR) is 104 cm³/mol. The van der Waals surface area contributed by atoms with Gasteiger partial charge in [-0.05, 0) is 30.3 Å². The van der Waals surface area contributed by atoms with E-state index in [0.29, 0.717) is 18.8 Å². The normalized spacial score (nSPS) is 15.6. The number of ether oxygens (including phenoxy) is 1. The highest BCUT2D eigenvalue weighted by atomic mass is 35.5. The van der Waals surface area contributed by atoms with Crippen molar-refractivity contribution in [2.75, 3.05) is 31.6 Å². The maximum Gasteiger partial charge on any atom is 0.255 e. The van der Waals surface area contributed by atoms with Gasteiger partial charge in [0.25, 0.3) is 5.91 Å². The molecule has 1 N–H and O–H groups in total. The van der Waals surface area contributed by atoms with Crippen LogP contribution in [0.25, 0.3) is 5.52 Å². The Hall–Kier alpha value is -2.46. The molecule has 0 atom stereocenters. The van der Waals surface area contributed by atoms with Crippen LogP contribution >= 0.6 is 11.6 Å². The van der Waals surface area contributed by atoms with Crippen molar-refractivity contribution in [1.82, 2.24) is 13.7 Å². The summed E-state index contributed by atoms with van der Waals surface area (Å²) in [4.78, 5) is 16.7. The van der Waals surface area contributed by atoms with Gasteiger partial charge in [0.1, 0.15) is 0 Å². The van der Waals surface area contributed by atoms with E-state index in [1.807, 2.05) is 0 Å². The lowest BCUT2D eigenvalue weighted by atomic mass is 10.2. The highest BCUT2D eigenvalue weighted by Gasteiger charge is 2.27. The van der Waals surface area contributed by atoms with Gasteiger partial charge in [-0.1, -0.05) is 11.6 Å². The van der Waals surface area contributed by atoms with Crippen LogP contribution in [0, 0.1) is 0 Å². The SMILES string of the molecule is O=C(Nc1cc(S(=O)(=O)N2CCOCC2)ccc1Cl)c1ccn2cncc2c1. The number of imidazole rings is 1. The molecular formula is C18H17ClN4O4S. The van der Waals surface area contributed by atoms with Gasteiger partial charge in [-0.2, -0.15) is 4.31 Å². The first kappa shape index (κ1) is 18.9. The number of anilines is 1. The molecular weight excluding hydrogens is 404 g/mol. The number of sulfonamides is 1. The van der Waals surface area contributed by atoms with Gasteiger partial charge in [-0.15, -0.1) is 0 Å². The van der Waals surface area contributed by atoms with Crippen LogP contribution < -0.4 is 5.32 Å². The minimum absolute atomic E-state index is 0.0698. The number of benzene rings is 1. The molecule has 0 bridgehead atoms. The highest BCUT2D eigenvalue weighted by Crippen LogP contribution is 2.28. The van der Waals surface area contributed by atoms with E-state index in [1.54, 1.807) is 35.3 Å². The van der Waals surface area contributed by atoms with Crippen molar-refractivity contribution >= 4 is 38.7 Å². The fraction of sp³-hybridized carbons (Fsp3) is 0.222. The van der Waals surface area contributed by atoms with Crippen molar-refractivity contribution in [2.45, 2.75) is 4.90 Å². The molecule has 3 aromatic rings. The third-order valence-corrected chi connectivity index (χ3v) is 6.69. The first-order chi connectivity index (χ1) is 13.4. The second-order valence-electron chi connectivity index (χ2n) is 6.25. The van der Waals surface area contributed by atoms with E-state index in [9.17, 15) is 13.2 Å². The lowest BCUT2D eigenvalue weighted by Crippen LogP contribution is -2.40. The number of nitrogens with one attached hydrogen (secondary N) is 1. The molecule has 8 nitrogen and oxygen atoms in total. The van der Waals surface area contributed by atoms with Crippen LogP contribution in [0.5, 0.6) is 0 Å². The van der Waals surface area contributed by atoms with Gasteiger partial charge in [0, 0.05) is 24.8 Å². The van der Waals surface area contributed by atoms with E-state index in [2.05, 4.69) is 10.3 Å². The molecule has 1 fully saturated rings. The average Bonchev–Trinajstić information content (AvgIpc) is 3.18. The van der Waals surface area contributed by atoms with Gasteiger partial charge in [-0.3, -0.25) is 4.79 Å². The lowest BCUT2D eigenvalue weighted by Gasteiger charge is -2.26. The third kappa shape index (κ3) is 3.61. The molecule has 1 aromatic carbocycles. The Morgan fingerprint density at radius 1 is 1.18 bits per heavy atom. The van der Waals surface area contributed by atoms with Gasteiger partial charge in [0.2, 0.25) is 10.0 Å². The molecule has 3 heterocycles. The molecule has 2 aromatic heterocycles. The number of carbonyl (C=O) groups is 1. The van der Waals surface area contributed by atoms with E-state index in [-0.39, 0.29) is 28.7 Å². The molecule has 28 heavy (non-hydrogen) atoms. The zero-order chi connectivity index (χ0) is 19.7. The monoisotopic (exact) mass is 420 g/mol.